The number of aromatic nitrogens is 2. The Labute approximate surface area is 182 Å². The molecule has 1 N–H and O–H groups in total. The van der Waals surface area contributed by atoms with Crippen LogP contribution in [0.2, 0.25) is 0 Å². The monoisotopic (exact) mass is 439 g/mol. The van der Waals surface area contributed by atoms with Crippen molar-refractivity contribution in [2.75, 3.05) is 5.32 Å². The number of carbonyl (C=O) groups is 1. The van der Waals surface area contributed by atoms with E-state index in [0.29, 0.717) is 11.4 Å². The highest BCUT2D eigenvalue weighted by molar-refractivity contribution is 5.91. The van der Waals surface area contributed by atoms with Crippen LogP contribution in [0.5, 0.6) is 11.5 Å². The van der Waals surface area contributed by atoms with E-state index in [0.717, 1.165) is 17.3 Å². The topological polar surface area (TPSA) is 142 Å². The molecule has 1 aromatic heterocycles. The largest absolute Gasteiger partial charge is 0.457 e. The molecule has 11 nitrogen and oxygen atoms in total. The van der Waals surface area contributed by atoms with Crippen LogP contribution in [0.15, 0.2) is 42.6 Å². The lowest BCUT2D eigenvalue weighted by Crippen LogP contribution is -2.15. The molecule has 1 amide bonds. The van der Waals surface area contributed by atoms with Gasteiger partial charge >= 0.3 is 5.69 Å². The zero-order valence-corrected chi connectivity index (χ0v) is 17.7. The number of carbonyl (C=O) groups excluding carboxylic acids is 1. The highest BCUT2D eigenvalue weighted by atomic mass is 16.6. The van der Waals surface area contributed by atoms with Gasteiger partial charge in [-0.2, -0.15) is 5.10 Å². The second-order valence-electron chi connectivity index (χ2n) is 7.29. The molecule has 3 aromatic rings. The van der Waals surface area contributed by atoms with Crippen molar-refractivity contribution in [1.29, 1.82) is 0 Å². The molecule has 0 aliphatic carbocycles. The van der Waals surface area contributed by atoms with Crippen LogP contribution in [0.1, 0.15) is 23.2 Å². The van der Waals surface area contributed by atoms with Gasteiger partial charge in [-0.3, -0.25) is 29.7 Å². The van der Waals surface area contributed by atoms with Crippen molar-refractivity contribution in [2.24, 2.45) is 0 Å². The zero-order chi connectivity index (χ0) is 23.4. The third-order valence-electron chi connectivity index (χ3n) is 4.64. The summed E-state index contributed by atoms with van der Waals surface area (Å²) in [7, 11) is 0. The van der Waals surface area contributed by atoms with Crippen molar-refractivity contribution < 1.29 is 19.4 Å². The molecule has 2 aromatic carbocycles. The summed E-state index contributed by atoms with van der Waals surface area (Å²) >= 11 is 0. The Morgan fingerprint density at radius 2 is 1.66 bits per heavy atom. The number of nitro groups is 2. The zero-order valence-electron chi connectivity index (χ0n) is 17.7. The second-order valence-corrected chi connectivity index (χ2v) is 7.29. The van der Waals surface area contributed by atoms with Gasteiger partial charge in [0, 0.05) is 18.6 Å². The van der Waals surface area contributed by atoms with Crippen molar-refractivity contribution in [1.82, 2.24) is 9.78 Å². The molecule has 0 fully saturated rings. The quantitative estimate of drug-likeness (QED) is 0.403. The number of anilines is 1. The lowest BCUT2D eigenvalue weighted by molar-refractivity contribution is -0.385. The Bertz CT molecular complexity index is 1180. The van der Waals surface area contributed by atoms with Crippen molar-refractivity contribution in [3.05, 3.63) is 79.6 Å². The molecule has 1 heterocycles. The number of amides is 1. The first-order valence-corrected chi connectivity index (χ1v) is 9.64. The van der Waals surface area contributed by atoms with E-state index in [1.54, 1.807) is 19.1 Å². The highest BCUT2D eigenvalue weighted by Crippen LogP contribution is 2.30. The van der Waals surface area contributed by atoms with Gasteiger partial charge in [-0.15, -0.1) is 0 Å². The minimum atomic E-state index is -0.573. The molecule has 0 bridgehead atoms. The number of nitrogens with one attached hydrogen (secondary N) is 1. The Hall–Kier alpha value is -4.28. The molecule has 3 rings (SSSR count). The summed E-state index contributed by atoms with van der Waals surface area (Å²) in [6, 6.07) is 9.58. The van der Waals surface area contributed by atoms with Gasteiger partial charge in [0.05, 0.1) is 28.1 Å². The van der Waals surface area contributed by atoms with E-state index in [1.165, 1.54) is 22.9 Å². The van der Waals surface area contributed by atoms with Crippen LogP contribution in [-0.4, -0.2) is 25.5 Å². The number of nitrogens with zero attached hydrogens (tertiary/aromatic N) is 4. The number of hydrogen-bond donors (Lipinski definition) is 1. The van der Waals surface area contributed by atoms with Gasteiger partial charge in [-0.1, -0.05) is 6.07 Å². The smallest absolute Gasteiger partial charge is 0.309 e. The molecular formula is C21H21N5O6. The van der Waals surface area contributed by atoms with Crippen LogP contribution in [0.3, 0.4) is 0 Å². The molecule has 166 valence electrons. The fourth-order valence-electron chi connectivity index (χ4n) is 3.22. The van der Waals surface area contributed by atoms with Crippen LogP contribution >= 0.6 is 0 Å². The summed E-state index contributed by atoms with van der Waals surface area (Å²) in [5.74, 6) is 0.300. The molecular weight excluding hydrogens is 418 g/mol. The maximum absolute atomic E-state index is 12.4. The van der Waals surface area contributed by atoms with Crippen molar-refractivity contribution >= 4 is 23.0 Å². The van der Waals surface area contributed by atoms with E-state index >= 15 is 0 Å². The van der Waals surface area contributed by atoms with Gasteiger partial charge in [0.2, 0.25) is 5.91 Å². The highest BCUT2D eigenvalue weighted by Gasteiger charge is 2.17. The van der Waals surface area contributed by atoms with Crippen molar-refractivity contribution in [3.8, 4) is 11.5 Å². The van der Waals surface area contributed by atoms with Gasteiger partial charge in [0.15, 0.2) is 0 Å². The summed E-state index contributed by atoms with van der Waals surface area (Å²) in [5.41, 5.74) is 2.13. The second kappa shape index (κ2) is 9.25. The molecule has 0 unspecified atom stereocenters. The summed E-state index contributed by atoms with van der Waals surface area (Å²) in [4.78, 5) is 33.5. The predicted octanol–water partition coefficient (Wildman–Crippen LogP) is 4.45. The average molecular weight is 439 g/mol. The molecule has 0 spiro atoms. The Morgan fingerprint density at radius 1 is 1.00 bits per heavy atom. The number of ether oxygens (including phenoxy) is 1. The van der Waals surface area contributed by atoms with E-state index in [-0.39, 0.29) is 35.8 Å². The fourth-order valence-corrected chi connectivity index (χ4v) is 3.22. The Kier molecular flexibility index (Phi) is 6.47. The van der Waals surface area contributed by atoms with E-state index in [1.807, 2.05) is 19.9 Å². The average Bonchev–Trinajstić information content (AvgIpc) is 3.06. The summed E-state index contributed by atoms with van der Waals surface area (Å²) < 4.78 is 7.15. The fraction of sp³-hybridized carbons (Fsp3) is 0.238. The van der Waals surface area contributed by atoms with Crippen LogP contribution in [0.4, 0.5) is 17.1 Å². The lowest BCUT2D eigenvalue weighted by Gasteiger charge is -2.11. The number of rotatable bonds is 8. The van der Waals surface area contributed by atoms with Gasteiger partial charge in [0.1, 0.15) is 23.4 Å². The molecule has 0 aliphatic rings. The third-order valence-corrected chi connectivity index (χ3v) is 4.64. The van der Waals surface area contributed by atoms with E-state index in [2.05, 4.69) is 10.4 Å². The van der Waals surface area contributed by atoms with Gasteiger partial charge in [-0.05, 0) is 44.0 Å². The Balaban J connectivity index is 1.74. The molecule has 0 aliphatic heterocycles. The van der Waals surface area contributed by atoms with Crippen LogP contribution in [0, 0.1) is 41.0 Å². The van der Waals surface area contributed by atoms with Crippen LogP contribution in [-0.2, 0) is 11.3 Å². The maximum atomic E-state index is 12.4. The molecule has 0 atom stereocenters. The summed E-state index contributed by atoms with van der Waals surface area (Å²) in [6.45, 7) is 5.48. The van der Waals surface area contributed by atoms with Crippen LogP contribution in [0.25, 0.3) is 0 Å². The summed E-state index contributed by atoms with van der Waals surface area (Å²) in [6.07, 6.45) is 1.10. The van der Waals surface area contributed by atoms with E-state index < -0.39 is 15.8 Å². The first kappa shape index (κ1) is 22.4. The molecule has 0 radical (unpaired) electrons. The van der Waals surface area contributed by atoms with Crippen molar-refractivity contribution in [2.45, 2.75) is 33.7 Å². The number of benzene rings is 2. The van der Waals surface area contributed by atoms with Crippen molar-refractivity contribution in [3.63, 3.8) is 0 Å². The molecule has 32 heavy (non-hydrogen) atoms. The number of hydrogen-bond acceptors (Lipinski definition) is 7. The minimum Gasteiger partial charge on any atom is -0.457 e. The van der Waals surface area contributed by atoms with Crippen LogP contribution < -0.4 is 10.1 Å². The number of aryl methyl sites for hydroxylation is 3. The normalized spacial score (nSPS) is 10.6. The lowest BCUT2D eigenvalue weighted by atomic mass is 10.1. The molecule has 0 saturated heterocycles. The van der Waals surface area contributed by atoms with E-state index in [4.69, 9.17) is 4.74 Å². The minimum absolute atomic E-state index is 0.0321. The Morgan fingerprint density at radius 3 is 2.25 bits per heavy atom. The van der Waals surface area contributed by atoms with Gasteiger partial charge in [0.25, 0.3) is 5.69 Å². The molecule has 0 saturated carbocycles. The maximum Gasteiger partial charge on any atom is 0.309 e. The first-order valence-electron chi connectivity index (χ1n) is 9.64. The standard InChI is InChI=1S/C21H21N5O6/c1-13-6-14(2)8-18(7-13)32-19-10-16(9-17(11-19)25(28)29)23-21(27)4-5-24-15(3)20(12-22-24)26(30)31/h6-12H,4-5H2,1-3H3,(H,23,27). The molecule has 11 heteroatoms. The summed E-state index contributed by atoms with van der Waals surface area (Å²) in [5, 5.41) is 28.8. The predicted molar refractivity (Wildman–Crippen MR) is 116 cm³/mol. The number of non-ortho nitro benzene ring substituents is 1. The first-order chi connectivity index (χ1) is 15.1. The third kappa shape index (κ3) is 5.45. The van der Waals surface area contributed by atoms with Gasteiger partial charge in [-0.25, -0.2) is 0 Å². The SMILES string of the molecule is Cc1cc(C)cc(Oc2cc(NC(=O)CCn3ncc([N+](=O)[O-])c3C)cc([N+](=O)[O-])c2)c1. The van der Waals surface area contributed by atoms with Gasteiger partial charge < -0.3 is 10.1 Å². The van der Waals surface area contributed by atoms with E-state index in [9.17, 15) is 25.0 Å². The number of nitro benzene ring substituents is 1.